The second-order valence-corrected chi connectivity index (χ2v) is 6.14. The van der Waals surface area contributed by atoms with Crippen molar-refractivity contribution in [2.24, 2.45) is 0 Å². The number of hydrogen-bond acceptors (Lipinski definition) is 5. The molecule has 1 aromatic carbocycles. The molecule has 1 heterocycles. The van der Waals surface area contributed by atoms with Crippen LogP contribution < -0.4 is 0 Å². The van der Waals surface area contributed by atoms with Crippen molar-refractivity contribution in [3.8, 4) is 0 Å². The molecule has 1 aromatic heterocycles. The molecule has 2 aromatic rings. The third-order valence-electron chi connectivity index (χ3n) is 2.66. The fourth-order valence-corrected chi connectivity index (χ4v) is 3.19. The van der Waals surface area contributed by atoms with Crippen LogP contribution in [0, 0.1) is 13.8 Å². The van der Waals surface area contributed by atoms with Crippen molar-refractivity contribution in [2.45, 2.75) is 29.5 Å². The summed E-state index contributed by atoms with van der Waals surface area (Å²) in [5.41, 5.74) is 2.63. The fraction of sp³-hybridized carbons (Fsp3) is 0.385. The van der Waals surface area contributed by atoms with Crippen molar-refractivity contribution in [2.75, 3.05) is 13.7 Å². The number of hydrogen-bond donors (Lipinski definition) is 0. The van der Waals surface area contributed by atoms with E-state index in [0.29, 0.717) is 6.61 Å². The molecule has 0 atom stereocenters. The van der Waals surface area contributed by atoms with E-state index in [1.165, 1.54) is 27.6 Å². The number of rotatable bonds is 5. The van der Waals surface area contributed by atoms with Gasteiger partial charge in [-0.2, -0.15) is 4.37 Å². The van der Waals surface area contributed by atoms with Gasteiger partial charge >= 0.3 is 0 Å². The minimum absolute atomic E-state index is 0.671. The zero-order valence-electron chi connectivity index (χ0n) is 10.8. The molecule has 0 saturated carbocycles. The Morgan fingerprint density at radius 1 is 1.28 bits per heavy atom. The minimum Gasteiger partial charge on any atom is -0.384 e. The highest BCUT2D eigenvalue weighted by Gasteiger charge is 2.06. The molecule has 0 fully saturated rings. The van der Waals surface area contributed by atoms with Crippen molar-refractivity contribution < 1.29 is 4.74 Å². The zero-order chi connectivity index (χ0) is 13.0. The Labute approximate surface area is 116 Å². The Morgan fingerprint density at radius 3 is 2.83 bits per heavy atom. The van der Waals surface area contributed by atoms with E-state index in [4.69, 9.17) is 4.74 Å². The average Bonchev–Trinajstić information content (AvgIpc) is 2.79. The molecule has 2 rings (SSSR count). The Morgan fingerprint density at radius 2 is 2.11 bits per heavy atom. The van der Waals surface area contributed by atoms with Crippen LogP contribution >= 0.6 is 23.3 Å². The lowest BCUT2D eigenvalue weighted by Crippen LogP contribution is -1.95. The van der Waals surface area contributed by atoms with Gasteiger partial charge in [0.2, 0.25) is 0 Å². The number of nitrogens with zero attached hydrogens (tertiary/aromatic N) is 2. The van der Waals surface area contributed by atoms with Crippen LogP contribution in [0.3, 0.4) is 0 Å². The van der Waals surface area contributed by atoms with Crippen LogP contribution in [0.2, 0.25) is 0 Å². The Hall–Kier alpha value is -0.910. The fourth-order valence-electron chi connectivity index (χ4n) is 1.45. The summed E-state index contributed by atoms with van der Waals surface area (Å²) in [6.45, 7) is 4.92. The highest BCUT2D eigenvalue weighted by Crippen LogP contribution is 2.30. The van der Waals surface area contributed by atoms with Crippen molar-refractivity contribution in [1.29, 1.82) is 0 Å². The van der Waals surface area contributed by atoms with Gasteiger partial charge in [0.1, 0.15) is 5.82 Å². The van der Waals surface area contributed by atoms with Gasteiger partial charge in [-0.05, 0) is 48.6 Å². The van der Waals surface area contributed by atoms with Gasteiger partial charge < -0.3 is 4.74 Å². The van der Waals surface area contributed by atoms with Crippen molar-refractivity contribution in [3.05, 3.63) is 35.2 Å². The zero-order valence-corrected chi connectivity index (χ0v) is 12.4. The van der Waals surface area contributed by atoms with E-state index in [9.17, 15) is 0 Å². The highest BCUT2D eigenvalue weighted by atomic mass is 32.2. The van der Waals surface area contributed by atoms with Crippen LogP contribution in [-0.4, -0.2) is 23.1 Å². The molecule has 18 heavy (non-hydrogen) atoms. The monoisotopic (exact) mass is 280 g/mol. The first-order valence-corrected chi connectivity index (χ1v) is 7.34. The maximum atomic E-state index is 5.02. The smallest absolute Gasteiger partial charge is 0.174 e. The SMILES string of the molecule is COCCc1nsc(Sc2ccc(C)c(C)c2)n1. The summed E-state index contributed by atoms with van der Waals surface area (Å²) in [5.74, 6) is 0.869. The molecule has 0 aliphatic heterocycles. The topological polar surface area (TPSA) is 35.0 Å². The molecule has 3 nitrogen and oxygen atoms in total. The first kappa shape index (κ1) is 13.5. The second-order valence-electron chi connectivity index (χ2n) is 4.07. The average molecular weight is 280 g/mol. The third kappa shape index (κ3) is 3.54. The summed E-state index contributed by atoms with van der Waals surface area (Å²) in [6.07, 6.45) is 0.778. The summed E-state index contributed by atoms with van der Waals surface area (Å²) < 4.78 is 10.3. The molecule has 0 unspecified atom stereocenters. The van der Waals surface area contributed by atoms with E-state index in [-0.39, 0.29) is 0 Å². The van der Waals surface area contributed by atoms with E-state index in [1.54, 1.807) is 18.9 Å². The van der Waals surface area contributed by atoms with Crippen LogP contribution in [0.4, 0.5) is 0 Å². The first-order chi connectivity index (χ1) is 8.69. The first-order valence-electron chi connectivity index (χ1n) is 5.75. The predicted molar refractivity (Wildman–Crippen MR) is 75.5 cm³/mol. The standard InChI is InChI=1S/C13H16N2OS2/c1-9-4-5-11(8-10(9)2)17-13-14-12(15-18-13)6-7-16-3/h4-5,8H,6-7H2,1-3H3. The normalized spacial score (nSPS) is 10.8. The van der Waals surface area contributed by atoms with Crippen LogP contribution in [0.1, 0.15) is 17.0 Å². The Bertz CT molecular complexity index is 525. The quantitative estimate of drug-likeness (QED) is 0.839. The lowest BCUT2D eigenvalue weighted by atomic mass is 10.1. The van der Waals surface area contributed by atoms with E-state index in [0.717, 1.165) is 16.6 Å². The van der Waals surface area contributed by atoms with E-state index in [2.05, 4.69) is 41.4 Å². The van der Waals surface area contributed by atoms with E-state index < -0.39 is 0 Å². The van der Waals surface area contributed by atoms with Gasteiger partial charge in [-0.1, -0.05) is 17.8 Å². The number of aryl methyl sites for hydroxylation is 2. The lowest BCUT2D eigenvalue weighted by molar-refractivity contribution is 0.200. The van der Waals surface area contributed by atoms with Gasteiger partial charge in [-0.15, -0.1) is 0 Å². The van der Waals surface area contributed by atoms with Crippen LogP contribution in [0.5, 0.6) is 0 Å². The summed E-state index contributed by atoms with van der Waals surface area (Å²) in [4.78, 5) is 5.70. The van der Waals surface area contributed by atoms with Crippen LogP contribution in [0.25, 0.3) is 0 Å². The summed E-state index contributed by atoms with van der Waals surface area (Å²) in [7, 11) is 1.69. The number of benzene rings is 1. The maximum Gasteiger partial charge on any atom is 0.174 e. The molecular weight excluding hydrogens is 264 g/mol. The van der Waals surface area contributed by atoms with Gasteiger partial charge in [-0.25, -0.2) is 4.98 Å². The third-order valence-corrected chi connectivity index (χ3v) is 4.44. The largest absolute Gasteiger partial charge is 0.384 e. The van der Waals surface area contributed by atoms with Crippen molar-refractivity contribution >= 4 is 23.3 Å². The second kappa shape index (κ2) is 6.31. The molecular formula is C13H16N2OS2. The van der Waals surface area contributed by atoms with Gasteiger partial charge in [0.05, 0.1) is 6.61 Å². The van der Waals surface area contributed by atoms with Gasteiger partial charge in [0, 0.05) is 18.4 Å². The van der Waals surface area contributed by atoms with Crippen LogP contribution in [-0.2, 0) is 11.2 Å². The van der Waals surface area contributed by atoms with Gasteiger partial charge in [0.15, 0.2) is 4.34 Å². The molecule has 0 N–H and O–H groups in total. The molecule has 0 bridgehead atoms. The van der Waals surface area contributed by atoms with E-state index >= 15 is 0 Å². The lowest BCUT2D eigenvalue weighted by Gasteiger charge is -2.02. The molecule has 0 aliphatic carbocycles. The minimum atomic E-state index is 0.671. The summed E-state index contributed by atoms with van der Waals surface area (Å²) in [5, 5.41) is 0. The molecule has 0 saturated heterocycles. The van der Waals surface area contributed by atoms with Gasteiger partial charge in [-0.3, -0.25) is 0 Å². The molecule has 0 radical (unpaired) electrons. The van der Waals surface area contributed by atoms with Crippen molar-refractivity contribution in [1.82, 2.24) is 9.36 Å². The number of aromatic nitrogens is 2. The van der Waals surface area contributed by atoms with E-state index in [1.807, 2.05) is 0 Å². The maximum absolute atomic E-state index is 5.02. The van der Waals surface area contributed by atoms with Gasteiger partial charge in [0.25, 0.3) is 0 Å². The summed E-state index contributed by atoms with van der Waals surface area (Å²) >= 11 is 3.12. The van der Waals surface area contributed by atoms with Crippen LogP contribution in [0.15, 0.2) is 27.4 Å². The van der Waals surface area contributed by atoms with Crippen molar-refractivity contribution in [3.63, 3.8) is 0 Å². The number of ether oxygens (including phenoxy) is 1. The Kier molecular flexibility index (Phi) is 4.74. The Balaban J connectivity index is 2.04. The number of methoxy groups -OCH3 is 1. The molecule has 0 spiro atoms. The molecule has 0 aliphatic rings. The highest BCUT2D eigenvalue weighted by molar-refractivity contribution is 8.01. The summed E-state index contributed by atoms with van der Waals surface area (Å²) in [6, 6.07) is 6.46. The predicted octanol–water partition coefficient (Wildman–Crippen LogP) is 3.50. The molecule has 0 amide bonds. The molecule has 5 heteroatoms. The molecule has 96 valence electrons.